The van der Waals surface area contributed by atoms with Gasteiger partial charge in [-0.3, -0.25) is 0 Å². The Labute approximate surface area is 93.0 Å². The SMILES string of the molecule is CC1C=CNC(C2CCCN(C)CC2)=C1. The molecule has 0 saturated carbocycles. The molecule has 1 N–H and O–H groups in total. The van der Waals surface area contributed by atoms with Gasteiger partial charge in [-0.25, -0.2) is 0 Å². The molecule has 15 heavy (non-hydrogen) atoms. The van der Waals surface area contributed by atoms with Crippen LogP contribution in [0.25, 0.3) is 0 Å². The molecular weight excluding hydrogens is 184 g/mol. The Morgan fingerprint density at radius 2 is 2.20 bits per heavy atom. The van der Waals surface area contributed by atoms with Crippen LogP contribution in [0.4, 0.5) is 0 Å². The highest BCUT2D eigenvalue weighted by Gasteiger charge is 2.19. The Kier molecular flexibility index (Phi) is 3.47. The van der Waals surface area contributed by atoms with E-state index < -0.39 is 0 Å². The molecule has 84 valence electrons. The average Bonchev–Trinajstić information content (AvgIpc) is 2.43. The van der Waals surface area contributed by atoms with Crippen LogP contribution in [0.2, 0.25) is 0 Å². The highest BCUT2D eigenvalue weighted by molar-refractivity contribution is 5.17. The summed E-state index contributed by atoms with van der Waals surface area (Å²) < 4.78 is 0. The van der Waals surface area contributed by atoms with Crippen LogP contribution < -0.4 is 5.32 Å². The summed E-state index contributed by atoms with van der Waals surface area (Å²) in [5, 5.41) is 3.42. The lowest BCUT2D eigenvalue weighted by Gasteiger charge is -2.22. The molecule has 2 unspecified atom stereocenters. The van der Waals surface area contributed by atoms with Crippen LogP contribution in [0.3, 0.4) is 0 Å². The topological polar surface area (TPSA) is 15.3 Å². The predicted octanol–water partition coefficient (Wildman–Crippen LogP) is 2.36. The molecular formula is C13H22N2. The molecule has 0 spiro atoms. The maximum absolute atomic E-state index is 3.42. The molecule has 0 aliphatic carbocycles. The lowest BCUT2D eigenvalue weighted by molar-refractivity contribution is 0.344. The number of rotatable bonds is 1. The minimum atomic E-state index is 0.599. The molecule has 0 aromatic carbocycles. The minimum Gasteiger partial charge on any atom is -0.365 e. The number of hydrogen-bond donors (Lipinski definition) is 1. The van der Waals surface area contributed by atoms with E-state index in [1.54, 1.807) is 0 Å². The predicted molar refractivity (Wildman–Crippen MR) is 64.4 cm³/mol. The van der Waals surface area contributed by atoms with E-state index in [0.717, 1.165) is 5.92 Å². The third-order valence-corrected chi connectivity index (χ3v) is 3.48. The van der Waals surface area contributed by atoms with Gasteiger partial charge in [-0.05, 0) is 57.4 Å². The number of nitrogens with one attached hydrogen (secondary N) is 1. The fourth-order valence-corrected chi connectivity index (χ4v) is 2.49. The van der Waals surface area contributed by atoms with Crippen LogP contribution in [0, 0.1) is 11.8 Å². The number of allylic oxidation sites excluding steroid dienone is 3. The van der Waals surface area contributed by atoms with E-state index in [1.165, 1.54) is 38.0 Å². The van der Waals surface area contributed by atoms with Crippen LogP contribution in [0.1, 0.15) is 26.2 Å². The van der Waals surface area contributed by atoms with Crippen molar-refractivity contribution in [3.8, 4) is 0 Å². The second-order valence-corrected chi connectivity index (χ2v) is 4.92. The van der Waals surface area contributed by atoms with E-state index in [2.05, 4.69) is 42.5 Å². The first-order chi connectivity index (χ1) is 7.25. The molecule has 0 radical (unpaired) electrons. The lowest BCUT2D eigenvalue weighted by Crippen LogP contribution is -2.22. The molecule has 0 aromatic heterocycles. The summed E-state index contributed by atoms with van der Waals surface area (Å²) >= 11 is 0. The Morgan fingerprint density at radius 3 is 3.00 bits per heavy atom. The number of dihydropyridines is 1. The number of likely N-dealkylation sites (tertiary alicyclic amines) is 1. The highest BCUT2D eigenvalue weighted by atomic mass is 15.1. The first-order valence-electron chi connectivity index (χ1n) is 6.09. The smallest absolute Gasteiger partial charge is 0.0143 e. The highest BCUT2D eigenvalue weighted by Crippen LogP contribution is 2.25. The van der Waals surface area contributed by atoms with Crippen LogP contribution in [-0.4, -0.2) is 25.0 Å². The summed E-state index contributed by atoms with van der Waals surface area (Å²) in [6, 6.07) is 0. The maximum Gasteiger partial charge on any atom is 0.0143 e. The van der Waals surface area contributed by atoms with Crippen molar-refractivity contribution in [1.82, 2.24) is 10.2 Å². The molecule has 1 saturated heterocycles. The van der Waals surface area contributed by atoms with Gasteiger partial charge in [0.1, 0.15) is 0 Å². The fraction of sp³-hybridized carbons (Fsp3) is 0.692. The second-order valence-electron chi connectivity index (χ2n) is 4.92. The van der Waals surface area contributed by atoms with E-state index in [0.29, 0.717) is 5.92 Å². The number of hydrogen-bond acceptors (Lipinski definition) is 2. The van der Waals surface area contributed by atoms with Crippen LogP contribution >= 0.6 is 0 Å². The molecule has 1 fully saturated rings. The van der Waals surface area contributed by atoms with Gasteiger partial charge in [-0.15, -0.1) is 0 Å². The van der Waals surface area contributed by atoms with Crippen LogP contribution in [-0.2, 0) is 0 Å². The van der Waals surface area contributed by atoms with Gasteiger partial charge in [-0.1, -0.05) is 19.1 Å². The second kappa shape index (κ2) is 4.84. The van der Waals surface area contributed by atoms with Gasteiger partial charge < -0.3 is 10.2 Å². The normalized spacial score (nSPS) is 33.1. The van der Waals surface area contributed by atoms with E-state index >= 15 is 0 Å². The van der Waals surface area contributed by atoms with Gasteiger partial charge in [0.2, 0.25) is 0 Å². The van der Waals surface area contributed by atoms with E-state index in [1.807, 2.05) is 0 Å². The largest absolute Gasteiger partial charge is 0.365 e. The zero-order chi connectivity index (χ0) is 10.7. The Hall–Kier alpha value is -0.760. The third-order valence-electron chi connectivity index (χ3n) is 3.48. The fourth-order valence-electron chi connectivity index (χ4n) is 2.49. The van der Waals surface area contributed by atoms with Crippen molar-refractivity contribution >= 4 is 0 Å². The average molecular weight is 206 g/mol. The van der Waals surface area contributed by atoms with Crippen LogP contribution in [0.15, 0.2) is 24.0 Å². The summed E-state index contributed by atoms with van der Waals surface area (Å²) in [5.41, 5.74) is 1.46. The minimum absolute atomic E-state index is 0.599. The van der Waals surface area contributed by atoms with Crippen molar-refractivity contribution in [3.05, 3.63) is 24.0 Å². The third kappa shape index (κ3) is 2.85. The molecule has 2 atom stereocenters. The first-order valence-corrected chi connectivity index (χ1v) is 6.09. The van der Waals surface area contributed by atoms with Gasteiger partial charge in [-0.2, -0.15) is 0 Å². The molecule has 2 heteroatoms. The van der Waals surface area contributed by atoms with Crippen molar-refractivity contribution in [2.24, 2.45) is 11.8 Å². The Morgan fingerprint density at radius 1 is 1.33 bits per heavy atom. The molecule has 2 rings (SSSR count). The van der Waals surface area contributed by atoms with Crippen molar-refractivity contribution < 1.29 is 0 Å². The molecule has 2 heterocycles. The molecule has 0 bridgehead atoms. The standard InChI is InChI=1S/C13H22N2/c1-11-5-7-14-13(10-11)12-4-3-8-15(2)9-6-12/h5,7,10-12,14H,3-4,6,8-9H2,1-2H3. The summed E-state index contributed by atoms with van der Waals surface area (Å²) in [4.78, 5) is 2.45. The van der Waals surface area contributed by atoms with E-state index in [4.69, 9.17) is 0 Å². The Balaban J connectivity index is 1.98. The molecule has 0 aromatic rings. The summed E-state index contributed by atoms with van der Waals surface area (Å²) in [5.74, 6) is 1.35. The van der Waals surface area contributed by atoms with Gasteiger partial charge in [0, 0.05) is 5.70 Å². The lowest BCUT2D eigenvalue weighted by atomic mass is 9.93. The van der Waals surface area contributed by atoms with Crippen LogP contribution in [0.5, 0.6) is 0 Å². The summed E-state index contributed by atoms with van der Waals surface area (Å²) in [7, 11) is 2.23. The van der Waals surface area contributed by atoms with Crippen molar-refractivity contribution in [3.63, 3.8) is 0 Å². The maximum atomic E-state index is 3.42. The van der Waals surface area contributed by atoms with E-state index in [-0.39, 0.29) is 0 Å². The zero-order valence-corrected chi connectivity index (χ0v) is 9.87. The van der Waals surface area contributed by atoms with Gasteiger partial charge in [0.25, 0.3) is 0 Å². The molecule has 2 nitrogen and oxygen atoms in total. The Bertz CT molecular complexity index is 268. The molecule has 2 aliphatic heterocycles. The van der Waals surface area contributed by atoms with Crippen molar-refractivity contribution in [2.75, 3.05) is 20.1 Å². The van der Waals surface area contributed by atoms with Gasteiger partial charge >= 0.3 is 0 Å². The zero-order valence-electron chi connectivity index (χ0n) is 9.87. The van der Waals surface area contributed by atoms with E-state index in [9.17, 15) is 0 Å². The number of nitrogens with zero attached hydrogens (tertiary/aromatic N) is 1. The van der Waals surface area contributed by atoms with Crippen molar-refractivity contribution in [1.29, 1.82) is 0 Å². The first kappa shape index (κ1) is 10.7. The van der Waals surface area contributed by atoms with Gasteiger partial charge in [0.05, 0.1) is 0 Å². The monoisotopic (exact) mass is 206 g/mol. The van der Waals surface area contributed by atoms with Crippen molar-refractivity contribution in [2.45, 2.75) is 26.2 Å². The molecule has 0 amide bonds. The summed E-state index contributed by atoms with van der Waals surface area (Å²) in [6.45, 7) is 4.75. The quantitative estimate of drug-likeness (QED) is 0.708. The molecule has 2 aliphatic rings. The van der Waals surface area contributed by atoms with Gasteiger partial charge in [0.15, 0.2) is 0 Å². The summed E-state index contributed by atoms with van der Waals surface area (Å²) in [6.07, 6.45) is 10.7.